The zero-order chi connectivity index (χ0) is 22.5. The van der Waals surface area contributed by atoms with Gasteiger partial charge in [-0.1, -0.05) is 26.0 Å². The fourth-order valence-corrected chi connectivity index (χ4v) is 6.07. The Hall–Kier alpha value is -2.60. The minimum absolute atomic E-state index is 0.0623. The molecule has 0 bridgehead atoms. The van der Waals surface area contributed by atoms with Crippen molar-refractivity contribution in [1.29, 1.82) is 0 Å². The standard InChI is InChI=1S/C26H31N3O2S/c1-4-18-7-11-20(12-8-18)29-24(30)22-15-23-21(13-14-32-23)28(22)16-26(29,3)25(31)27-19-9-5-17(2)6-10-19/h7-8,11-15,17,19H,4-6,9-10,16H2,1-3H3,(H,27,31). The summed E-state index contributed by atoms with van der Waals surface area (Å²) in [4.78, 5) is 29.4. The molecule has 1 aromatic carbocycles. The first kappa shape index (κ1) is 21.3. The van der Waals surface area contributed by atoms with E-state index < -0.39 is 5.54 Å². The molecule has 1 aliphatic carbocycles. The molecule has 5 nitrogen and oxygen atoms in total. The van der Waals surface area contributed by atoms with E-state index >= 15 is 0 Å². The second-order valence-corrected chi connectivity index (χ2v) is 10.6. The van der Waals surface area contributed by atoms with Crippen LogP contribution in [0.1, 0.15) is 62.5 Å². The lowest BCUT2D eigenvalue weighted by atomic mass is 9.86. The molecule has 3 aromatic rings. The number of nitrogens with zero attached hydrogens (tertiary/aromatic N) is 2. The molecular formula is C26H31N3O2S. The molecule has 2 amide bonds. The third-order valence-corrected chi connectivity index (χ3v) is 8.20. The summed E-state index contributed by atoms with van der Waals surface area (Å²) >= 11 is 1.63. The largest absolute Gasteiger partial charge is 0.351 e. The van der Waals surface area contributed by atoms with Gasteiger partial charge in [-0.2, -0.15) is 0 Å². The lowest BCUT2D eigenvalue weighted by Crippen LogP contribution is -2.65. The molecule has 1 saturated carbocycles. The van der Waals surface area contributed by atoms with Crippen molar-refractivity contribution in [3.8, 4) is 0 Å². The third-order valence-electron chi connectivity index (χ3n) is 7.35. The maximum absolute atomic E-state index is 13.8. The van der Waals surface area contributed by atoms with Crippen molar-refractivity contribution in [3.05, 3.63) is 53.0 Å². The van der Waals surface area contributed by atoms with E-state index in [0.717, 1.165) is 53.9 Å². The summed E-state index contributed by atoms with van der Waals surface area (Å²) in [6, 6.07) is 12.3. The van der Waals surface area contributed by atoms with Crippen molar-refractivity contribution in [3.63, 3.8) is 0 Å². The average molecular weight is 450 g/mol. The van der Waals surface area contributed by atoms with E-state index in [1.54, 1.807) is 16.2 Å². The molecule has 5 rings (SSSR count). The summed E-state index contributed by atoms with van der Waals surface area (Å²) in [5.74, 6) is 0.546. The van der Waals surface area contributed by atoms with Gasteiger partial charge in [-0.25, -0.2) is 0 Å². The van der Waals surface area contributed by atoms with Crippen LogP contribution in [0, 0.1) is 5.92 Å². The van der Waals surface area contributed by atoms with Crippen LogP contribution >= 0.6 is 11.3 Å². The van der Waals surface area contributed by atoms with Crippen molar-refractivity contribution >= 4 is 39.1 Å². The van der Waals surface area contributed by atoms with Crippen molar-refractivity contribution in [2.75, 3.05) is 4.90 Å². The second kappa shape index (κ2) is 8.07. The summed E-state index contributed by atoms with van der Waals surface area (Å²) in [5.41, 5.74) is 2.67. The summed E-state index contributed by atoms with van der Waals surface area (Å²) in [5, 5.41) is 5.35. The number of carbonyl (C=O) groups is 2. The highest BCUT2D eigenvalue weighted by molar-refractivity contribution is 7.17. The normalized spacial score (nSPS) is 25.7. The van der Waals surface area contributed by atoms with Gasteiger partial charge in [0.05, 0.1) is 16.8 Å². The first-order valence-electron chi connectivity index (χ1n) is 11.7. The number of nitrogens with one attached hydrogen (secondary N) is 1. The molecule has 1 fully saturated rings. The zero-order valence-corrected chi connectivity index (χ0v) is 19.9. The number of benzene rings is 1. The van der Waals surface area contributed by atoms with Gasteiger partial charge >= 0.3 is 0 Å². The number of hydrogen-bond acceptors (Lipinski definition) is 3. The second-order valence-electron chi connectivity index (χ2n) is 9.65. The van der Waals surface area contributed by atoms with Gasteiger partial charge in [-0.15, -0.1) is 11.3 Å². The smallest absolute Gasteiger partial charge is 0.275 e. The predicted molar refractivity (Wildman–Crippen MR) is 130 cm³/mol. The molecule has 1 N–H and O–H groups in total. The fourth-order valence-electron chi connectivity index (χ4n) is 5.24. The fraction of sp³-hybridized carbons (Fsp3) is 0.462. The molecule has 6 heteroatoms. The summed E-state index contributed by atoms with van der Waals surface area (Å²) < 4.78 is 3.12. The quantitative estimate of drug-likeness (QED) is 0.581. The number of rotatable bonds is 4. The molecule has 0 spiro atoms. The van der Waals surface area contributed by atoms with E-state index in [2.05, 4.69) is 31.3 Å². The van der Waals surface area contributed by atoms with Crippen LogP contribution in [-0.4, -0.2) is 28.0 Å². The lowest BCUT2D eigenvalue weighted by Gasteiger charge is -2.45. The highest BCUT2D eigenvalue weighted by Crippen LogP contribution is 2.37. The highest BCUT2D eigenvalue weighted by atomic mass is 32.1. The maximum atomic E-state index is 13.8. The van der Waals surface area contributed by atoms with Gasteiger partial charge in [-0.3, -0.25) is 14.5 Å². The van der Waals surface area contributed by atoms with Gasteiger partial charge in [0.15, 0.2) is 0 Å². The molecule has 168 valence electrons. The van der Waals surface area contributed by atoms with E-state index in [-0.39, 0.29) is 17.9 Å². The number of hydrogen-bond donors (Lipinski definition) is 1. The Bertz CT molecular complexity index is 1150. The Morgan fingerprint density at radius 1 is 1.16 bits per heavy atom. The first-order valence-corrected chi connectivity index (χ1v) is 12.6. The molecule has 0 radical (unpaired) electrons. The number of aryl methyl sites for hydroxylation is 1. The molecule has 3 heterocycles. The third kappa shape index (κ3) is 3.45. The van der Waals surface area contributed by atoms with Gasteiger partial charge in [0.25, 0.3) is 5.91 Å². The van der Waals surface area contributed by atoms with Gasteiger partial charge in [0.2, 0.25) is 5.91 Å². The Morgan fingerprint density at radius 3 is 2.56 bits per heavy atom. The maximum Gasteiger partial charge on any atom is 0.275 e. The summed E-state index contributed by atoms with van der Waals surface area (Å²) in [6.45, 7) is 6.75. The molecule has 1 aliphatic heterocycles. The van der Waals surface area contributed by atoms with Crippen molar-refractivity contribution < 1.29 is 9.59 Å². The monoisotopic (exact) mass is 449 g/mol. The number of carbonyl (C=O) groups excluding carboxylic acids is 2. The van der Waals surface area contributed by atoms with E-state index in [4.69, 9.17) is 0 Å². The van der Waals surface area contributed by atoms with Gasteiger partial charge in [0.1, 0.15) is 11.2 Å². The Labute approximate surface area is 193 Å². The molecule has 2 aromatic heterocycles. The molecule has 32 heavy (non-hydrogen) atoms. The number of thiophene rings is 1. The zero-order valence-electron chi connectivity index (χ0n) is 19.1. The summed E-state index contributed by atoms with van der Waals surface area (Å²) in [6.07, 6.45) is 5.22. The van der Waals surface area contributed by atoms with Crippen LogP contribution in [0.25, 0.3) is 10.2 Å². The number of anilines is 1. The van der Waals surface area contributed by atoms with Crippen LogP contribution < -0.4 is 10.2 Å². The van der Waals surface area contributed by atoms with Crippen LogP contribution in [0.5, 0.6) is 0 Å². The minimum Gasteiger partial charge on any atom is -0.351 e. The van der Waals surface area contributed by atoms with Gasteiger partial charge in [0, 0.05) is 11.7 Å². The predicted octanol–water partition coefficient (Wildman–Crippen LogP) is 5.38. The van der Waals surface area contributed by atoms with Crippen LogP contribution in [0.3, 0.4) is 0 Å². The molecule has 2 aliphatic rings. The lowest BCUT2D eigenvalue weighted by molar-refractivity contribution is -0.127. The number of amides is 2. The number of fused-ring (bicyclic) bond motifs is 3. The van der Waals surface area contributed by atoms with Crippen LogP contribution in [0.2, 0.25) is 0 Å². The summed E-state index contributed by atoms with van der Waals surface area (Å²) in [7, 11) is 0. The van der Waals surface area contributed by atoms with Gasteiger partial charge < -0.3 is 9.88 Å². The minimum atomic E-state index is -1.01. The Kier molecular flexibility index (Phi) is 5.36. The topological polar surface area (TPSA) is 54.3 Å². The van der Waals surface area contributed by atoms with E-state index in [1.165, 1.54) is 5.56 Å². The molecule has 1 atom stereocenters. The molecule has 0 saturated heterocycles. The van der Waals surface area contributed by atoms with Crippen LogP contribution in [0.4, 0.5) is 5.69 Å². The van der Waals surface area contributed by atoms with E-state index in [0.29, 0.717) is 12.2 Å². The molecule has 1 unspecified atom stereocenters. The average Bonchev–Trinajstić information content (AvgIpc) is 3.38. The number of aromatic nitrogens is 1. The van der Waals surface area contributed by atoms with E-state index in [1.807, 2.05) is 41.1 Å². The van der Waals surface area contributed by atoms with Crippen molar-refractivity contribution in [1.82, 2.24) is 9.88 Å². The van der Waals surface area contributed by atoms with E-state index in [9.17, 15) is 9.59 Å². The highest BCUT2D eigenvalue weighted by Gasteiger charge is 2.49. The first-order chi connectivity index (χ1) is 15.4. The Balaban J connectivity index is 1.55. The molecular weight excluding hydrogens is 418 g/mol. The van der Waals surface area contributed by atoms with Crippen molar-refractivity contribution in [2.45, 2.75) is 71.0 Å². The van der Waals surface area contributed by atoms with Crippen LogP contribution in [0.15, 0.2) is 41.8 Å². The van der Waals surface area contributed by atoms with Crippen molar-refractivity contribution in [2.24, 2.45) is 5.92 Å². The van der Waals surface area contributed by atoms with Crippen LogP contribution in [-0.2, 0) is 17.8 Å². The Morgan fingerprint density at radius 2 is 1.88 bits per heavy atom. The van der Waals surface area contributed by atoms with Gasteiger partial charge in [-0.05, 0) is 80.2 Å². The SMILES string of the molecule is CCc1ccc(N2C(=O)c3cc4sccc4n3CC2(C)C(=O)NC2CCC(C)CC2)cc1.